The minimum Gasteiger partial charge on any atom is -0.397 e. The van der Waals surface area contributed by atoms with E-state index in [2.05, 4.69) is 15.4 Å². The van der Waals surface area contributed by atoms with Crippen molar-refractivity contribution in [3.05, 3.63) is 60.2 Å². The third-order valence-electron chi connectivity index (χ3n) is 2.66. The van der Waals surface area contributed by atoms with Gasteiger partial charge in [-0.25, -0.2) is 9.59 Å². The predicted octanol–water partition coefficient (Wildman–Crippen LogP) is 2.73. The fourth-order valence-electron chi connectivity index (χ4n) is 1.64. The van der Waals surface area contributed by atoms with Crippen molar-refractivity contribution < 1.29 is 14.3 Å². The Kier molecular flexibility index (Phi) is 4.76. The summed E-state index contributed by atoms with van der Waals surface area (Å²) in [5, 5.41) is 4.87. The van der Waals surface area contributed by atoms with Crippen molar-refractivity contribution in [2.45, 2.75) is 6.54 Å². The smallest absolute Gasteiger partial charge is 0.397 e. The van der Waals surface area contributed by atoms with Crippen LogP contribution < -0.4 is 16.4 Å². The van der Waals surface area contributed by atoms with Crippen LogP contribution in [0.5, 0.6) is 0 Å². The van der Waals surface area contributed by atoms with Gasteiger partial charge in [-0.2, -0.15) is 0 Å². The highest BCUT2D eigenvalue weighted by atomic mass is 16.6. The monoisotopic (exact) mass is 285 g/mol. The zero-order chi connectivity index (χ0) is 15.1. The van der Waals surface area contributed by atoms with E-state index >= 15 is 0 Å². The molecule has 0 saturated carbocycles. The number of hydrogen-bond donors (Lipinski definition) is 3. The first-order valence-electron chi connectivity index (χ1n) is 6.30. The molecule has 0 saturated heterocycles. The fraction of sp³-hybridized carbons (Fsp3) is 0.0667. The predicted molar refractivity (Wildman–Crippen MR) is 79.6 cm³/mol. The zero-order valence-corrected chi connectivity index (χ0v) is 11.2. The fourth-order valence-corrected chi connectivity index (χ4v) is 1.64. The molecule has 0 heterocycles. The number of carbonyl (C=O) groups is 2. The molecule has 6 nitrogen and oxygen atoms in total. The minimum absolute atomic E-state index is 0.278. The average molecular weight is 285 g/mol. The Hall–Kier alpha value is -3.02. The number of benzene rings is 2. The van der Waals surface area contributed by atoms with E-state index in [9.17, 15) is 9.59 Å². The molecule has 2 aromatic carbocycles. The Morgan fingerprint density at radius 2 is 1.62 bits per heavy atom. The molecule has 2 aromatic rings. The number of nitrogens with two attached hydrogens (primary N) is 1. The van der Waals surface area contributed by atoms with Crippen molar-refractivity contribution >= 4 is 23.6 Å². The van der Waals surface area contributed by atoms with Crippen LogP contribution in [0.4, 0.5) is 21.0 Å². The Labute approximate surface area is 121 Å². The molecule has 0 aliphatic carbocycles. The SMILES string of the molecule is Nc1ccccc1NC(=O)OC(=O)NCc1ccccc1. The lowest BCUT2D eigenvalue weighted by atomic mass is 10.2. The van der Waals surface area contributed by atoms with E-state index in [-0.39, 0.29) is 6.54 Å². The molecular formula is C15H15N3O3. The van der Waals surface area contributed by atoms with Gasteiger partial charge < -0.3 is 15.8 Å². The molecule has 2 amide bonds. The molecule has 0 unspecified atom stereocenters. The van der Waals surface area contributed by atoms with Crippen molar-refractivity contribution in [2.24, 2.45) is 0 Å². The minimum atomic E-state index is -0.890. The van der Waals surface area contributed by atoms with Gasteiger partial charge in [0, 0.05) is 6.54 Å². The van der Waals surface area contributed by atoms with Crippen molar-refractivity contribution in [2.75, 3.05) is 11.1 Å². The second-order valence-electron chi connectivity index (χ2n) is 4.23. The Balaban J connectivity index is 1.80. The molecule has 21 heavy (non-hydrogen) atoms. The molecule has 0 spiro atoms. The molecule has 108 valence electrons. The van der Waals surface area contributed by atoms with E-state index in [0.29, 0.717) is 11.4 Å². The maximum absolute atomic E-state index is 11.5. The molecule has 0 aliphatic rings. The van der Waals surface area contributed by atoms with E-state index in [1.54, 1.807) is 24.3 Å². The molecule has 0 fully saturated rings. The summed E-state index contributed by atoms with van der Waals surface area (Å²) in [6, 6.07) is 16.0. The van der Waals surface area contributed by atoms with Gasteiger partial charge in [0.15, 0.2) is 0 Å². The van der Waals surface area contributed by atoms with Gasteiger partial charge in [-0.3, -0.25) is 5.32 Å². The van der Waals surface area contributed by atoms with E-state index in [0.717, 1.165) is 5.56 Å². The Morgan fingerprint density at radius 3 is 2.33 bits per heavy atom. The molecule has 0 bridgehead atoms. The second kappa shape index (κ2) is 6.95. The van der Waals surface area contributed by atoms with Crippen molar-refractivity contribution in [1.29, 1.82) is 0 Å². The first-order chi connectivity index (χ1) is 10.1. The Bertz CT molecular complexity index is 629. The van der Waals surface area contributed by atoms with Gasteiger partial charge in [-0.1, -0.05) is 42.5 Å². The summed E-state index contributed by atoms with van der Waals surface area (Å²) in [7, 11) is 0. The highest BCUT2D eigenvalue weighted by Crippen LogP contribution is 2.16. The maximum atomic E-state index is 11.5. The first kappa shape index (κ1) is 14.4. The molecule has 2 rings (SSSR count). The summed E-state index contributed by atoms with van der Waals surface area (Å²) in [6.07, 6.45) is -1.72. The highest BCUT2D eigenvalue weighted by molar-refractivity contribution is 5.94. The van der Waals surface area contributed by atoms with Gasteiger partial charge in [-0.15, -0.1) is 0 Å². The average Bonchev–Trinajstić information content (AvgIpc) is 2.48. The van der Waals surface area contributed by atoms with Crippen LogP contribution in [0.1, 0.15) is 5.56 Å². The number of amides is 2. The quantitative estimate of drug-likeness (QED) is 0.597. The largest absolute Gasteiger partial charge is 0.420 e. The van der Waals surface area contributed by atoms with Crippen LogP contribution in [0.25, 0.3) is 0 Å². The number of alkyl carbamates (subject to hydrolysis) is 1. The topological polar surface area (TPSA) is 93.4 Å². The van der Waals surface area contributed by atoms with Gasteiger partial charge in [0.1, 0.15) is 0 Å². The maximum Gasteiger partial charge on any atom is 0.420 e. The summed E-state index contributed by atoms with van der Waals surface area (Å²) in [5.74, 6) is 0. The number of nitrogens with one attached hydrogen (secondary N) is 2. The molecule has 4 N–H and O–H groups in total. The molecule has 6 heteroatoms. The molecule has 0 radical (unpaired) electrons. The summed E-state index contributed by atoms with van der Waals surface area (Å²) >= 11 is 0. The van der Waals surface area contributed by atoms with Crippen LogP contribution in [-0.2, 0) is 11.3 Å². The van der Waals surface area contributed by atoms with Gasteiger partial charge in [-0.05, 0) is 17.7 Å². The number of carbonyl (C=O) groups excluding carboxylic acids is 2. The van der Waals surface area contributed by atoms with Crippen LogP contribution in [0, 0.1) is 0 Å². The summed E-state index contributed by atoms with van der Waals surface area (Å²) in [4.78, 5) is 23.0. The highest BCUT2D eigenvalue weighted by Gasteiger charge is 2.11. The summed E-state index contributed by atoms with van der Waals surface area (Å²) in [5.41, 5.74) is 7.34. The standard InChI is InChI=1S/C15H15N3O3/c16-12-8-4-5-9-13(12)18-15(20)21-14(19)17-10-11-6-2-1-3-7-11/h1-9H,10,16H2,(H,17,19)(H,18,20). The number of anilines is 2. The normalized spacial score (nSPS) is 9.71. The number of ether oxygens (including phenoxy) is 1. The number of nitrogen functional groups attached to an aromatic ring is 1. The second-order valence-corrected chi connectivity index (χ2v) is 4.23. The van der Waals surface area contributed by atoms with Gasteiger partial charge in [0.05, 0.1) is 11.4 Å². The van der Waals surface area contributed by atoms with E-state index in [1.807, 2.05) is 30.3 Å². The number of rotatable bonds is 3. The Morgan fingerprint density at radius 1 is 0.952 bits per heavy atom. The van der Waals surface area contributed by atoms with Crippen molar-refractivity contribution in [3.8, 4) is 0 Å². The van der Waals surface area contributed by atoms with Crippen LogP contribution in [0.2, 0.25) is 0 Å². The molecular weight excluding hydrogens is 270 g/mol. The van der Waals surface area contributed by atoms with Gasteiger partial charge in [0.25, 0.3) is 0 Å². The third kappa shape index (κ3) is 4.54. The zero-order valence-electron chi connectivity index (χ0n) is 11.2. The number of hydrogen-bond acceptors (Lipinski definition) is 4. The van der Waals surface area contributed by atoms with E-state index < -0.39 is 12.2 Å². The lowest BCUT2D eigenvalue weighted by molar-refractivity contribution is 0.159. The lowest BCUT2D eigenvalue weighted by Gasteiger charge is -2.08. The summed E-state index contributed by atoms with van der Waals surface area (Å²) in [6.45, 7) is 0.278. The molecule has 0 atom stereocenters. The van der Waals surface area contributed by atoms with E-state index in [1.165, 1.54) is 0 Å². The van der Waals surface area contributed by atoms with Gasteiger partial charge >= 0.3 is 12.2 Å². The first-order valence-corrected chi connectivity index (χ1v) is 6.30. The van der Waals surface area contributed by atoms with Crippen molar-refractivity contribution in [1.82, 2.24) is 5.32 Å². The van der Waals surface area contributed by atoms with Crippen LogP contribution in [-0.4, -0.2) is 12.2 Å². The summed E-state index contributed by atoms with van der Waals surface area (Å²) < 4.78 is 4.58. The third-order valence-corrected chi connectivity index (χ3v) is 2.66. The number of para-hydroxylation sites is 2. The van der Waals surface area contributed by atoms with Crippen LogP contribution >= 0.6 is 0 Å². The van der Waals surface area contributed by atoms with Crippen molar-refractivity contribution in [3.63, 3.8) is 0 Å². The van der Waals surface area contributed by atoms with Crippen LogP contribution in [0.15, 0.2) is 54.6 Å². The molecule has 0 aromatic heterocycles. The van der Waals surface area contributed by atoms with Gasteiger partial charge in [0.2, 0.25) is 0 Å². The lowest BCUT2D eigenvalue weighted by Crippen LogP contribution is -2.28. The van der Waals surface area contributed by atoms with E-state index in [4.69, 9.17) is 5.73 Å². The molecule has 0 aliphatic heterocycles. The van der Waals surface area contributed by atoms with Crippen LogP contribution in [0.3, 0.4) is 0 Å².